The molecule has 0 aliphatic carbocycles. The Bertz CT molecular complexity index is 1710. The maximum absolute atomic E-state index is 13.1. The average molecular weight is 535 g/mol. The van der Waals surface area contributed by atoms with Gasteiger partial charge in [-0.05, 0) is 37.1 Å². The number of fused-ring (bicyclic) bond motifs is 1. The molecule has 4 aromatic heterocycles. The van der Waals surface area contributed by atoms with Crippen LogP contribution in [-0.4, -0.2) is 68.1 Å². The van der Waals surface area contributed by atoms with Crippen molar-refractivity contribution in [3.8, 4) is 28.4 Å². The smallest absolute Gasteiger partial charge is 0.306 e. The molecule has 13 heteroatoms. The number of nitrogens with one attached hydrogen (secondary N) is 1. The molecule has 0 radical (unpaired) electrons. The molecule has 196 valence electrons. The molecular formula is C25H26N8O4S. The number of nitrogens with zero attached hydrogens (tertiary/aromatic N) is 7. The minimum atomic E-state index is -3.68. The van der Waals surface area contributed by atoms with E-state index in [2.05, 4.69) is 20.4 Å². The summed E-state index contributed by atoms with van der Waals surface area (Å²) in [6.45, 7) is 0.733. The van der Waals surface area contributed by atoms with Crippen LogP contribution in [0.3, 0.4) is 0 Å². The fourth-order valence-corrected chi connectivity index (χ4v) is 6.16. The Kier molecular flexibility index (Phi) is 6.08. The normalized spacial score (nSPS) is 16.6. The minimum absolute atomic E-state index is 0.0498. The van der Waals surface area contributed by atoms with Gasteiger partial charge >= 0.3 is 5.84 Å². The van der Waals surface area contributed by atoms with Crippen LogP contribution < -0.4 is 10.1 Å². The second kappa shape index (κ2) is 9.58. The third kappa shape index (κ3) is 4.39. The first-order valence-corrected chi connectivity index (χ1v) is 13.6. The highest BCUT2D eigenvalue weighted by molar-refractivity contribution is 7.89. The molecular weight excluding hydrogens is 508 g/mol. The molecule has 1 aromatic carbocycles. The van der Waals surface area contributed by atoms with Crippen molar-refractivity contribution >= 4 is 21.8 Å². The quantitative estimate of drug-likeness (QED) is 0.334. The maximum atomic E-state index is 13.1. The molecule has 38 heavy (non-hydrogen) atoms. The Labute approximate surface area is 219 Å². The van der Waals surface area contributed by atoms with E-state index in [-0.39, 0.29) is 11.1 Å². The number of anilines is 1. The van der Waals surface area contributed by atoms with Gasteiger partial charge in [0.1, 0.15) is 23.4 Å². The van der Waals surface area contributed by atoms with E-state index in [0.717, 1.165) is 17.7 Å². The number of methoxy groups -OCH3 is 1. The molecule has 0 amide bonds. The van der Waals surface area contributed by atoms with Crippen LogP contribution in [0.15, 0.2) is 70.7 Å². The van der Waals surface area contributed by atoms with Crippen molar-refractivity contribution in [1.82, 2.24) is 33.4 Å². The largest absolute Gasteiger partial charge is 0.497 e. The van der Waals surface area contributed by atoms with E-state index in [9.17, 15) is 8.42 Å². The highest BCUT2D eigenvalue weighted by Crippen LogP contribution is 2.34. The number of sulfonamides is 1. The number of piperidine rings is 1. The number of hydrogen-bond donors (Lipinski definition) is 1. The zero-order chi connectivity index (χ0) is 26.3. The van der Waals surface area contributed by atoms with E-state index in [1.54, 1.807) is 39.0 Å². The van der Waals surface area contributed by atoms with E-state index in [1.165, 1.54) is 15.1 Å². The molecule has 0 saturated carbocycles. The Morgan fingerprint density at radius 3 is 2.87 bits per heavy atom. The van der Waals surface area contributed by atoms with Gasteiger partial charge in [0.15, 0.2) is 5.03 Å². The van der Waals surface area contributed by atoms with Gasteiger partial charge in [-0.3, -0.25) is 9.08 Å². The Balaban J connectivity index is 1.29. The maximum Gasteiger partial charge on any atom is 0.306 e. The highest BCUT2D eigenvalue weighted by Gasteiger charge is 2.32. The summed E-state index contributed by atoms with van der Waals surface area (Å²) in [5.41, 5.74) is 2.94. The number of oxazole rings is 1. The van der Waals surface area contributed by atoms with Gasteiger partial charge in [0, 0.05) is 50.3 Å². The van der Waals surface area contributed by atoms with Crippen molar-refractivity contribution in [3.63, 3.8) is 0 Å². The molecule has 1 aliphatic heterocycles. The highest BCUT2D eigenvalue weighted by atomic mass is 32.2. The van der Waals surface area contributed by atoms with Crippen molar-refractivity contribution in [1.29, 1.82) is 0 Å². The van der Waals surface area contributed by atoms with Gasteiger partial charge in [-0.2, -0.15) is 14.4 Å². The molecule has 1 atom stereocenters. The zero-order valence-electron chi connectivity index (χ0n) is 20.9. The average Bonchev–Trinajstić information content (AvgIpc) is 3.65. The first kappa shape index (κ1) is 24.1. The van der Waals surface area contributed by atoms with E-state index in [1.807, 2.05) is 34.7 Å². The number of rotatable bonds is 7. The first-order valence-electron chi connectivity index (χ1n) is 12.1. The topological polar surface area (TPSA) is 133 Å². The molecule has 1 saturated heterocycles. The summed E-state index contributed by atoms with van der Waals surface area (Å²) in [4.78, 5) is 13.9. The van der Waals surface area contributed by atoms with E-state index in [0.29, 0.717) is 48.4 Å². The number of benzene rings is 1. The van der Waals surface area contributed by atoms with E-state index < -0.39 is 10.0 Å². The van der Waals surface area contributed by atoms with E-state index in [4.69, 9.17) is 14.1 Å². The van der Waals surface area contributed by atoms with Crippen LogP contribution in [0, 0.1) is 0 Å². The summed E-state index contributed by atoms with van der Waals surface area (Å²) in [6, 6.07) is 10.8. The summed E-state index contributed by atoms with van der Waals surface area (Å²) >= 11 is 0. The Morgan fingerprint density at radius 1 is 1.16 bits per heavy atom. The lowest BCUT2D eigenvalue weighted by atomic mass is 10.1. The lowest BCUT2D eigenvalue weighted by Gasteiger charge is -2.31. The van der Waals surface area contributed by atoms with Gasteiger partial charge in [-0.25, -0.2) is 18.4 Å². The Hall–Kier alpha value is -4.23. The molecule has 1 N–H and O–H groups in total. The number of imidazole rings is 1. The summed E-state index contributed by atoms with van der Waals surface area (Å²) in [6.07, 6.45) is 8.15. The third-order valence-corrected chi connectivity index (χ3v) is 8.27. The van der Waals surface area contributed by atoms with E-state index >= 15 is 0 Å². The van der Waals surface area contributed by atoms with Crippen molar-refractivity contribution in [3.05, 3.63) is 61.3 Å². The molecule has 5 heterocycles. The van der Waals surface area contributed by atoms with Crippen LogP contribution in [0.4, 0.5) is 5.95 Å². The second-order valence-electron chi connectivity index (χ2n) is 9.04. The van der Waals surface area contributed by atoms with Crippen LogP contribution in [-0.2, 0) is 17.1 Å². The summed E-state index contributed by atoms with van der Waals surface area (Å²) in [7, 11) is -0.365. The van der Waals surface area contributed by atoms with Crippen molar-refractivity contribution in [2.24, 2.45) is 7.05 Å². The zero-order valence-corrected chi connectivity index (χ0v) is 21.7. The lowest BCUT2D eigenvalue weighted by Crippen LogP contribution is -2.45. The molecule has 5 aromatic rings. The molecule has 0 spiro atoms. The molecule has 1 aliphatic rings. The van der Waals surface area contributed by atoms with Crippen LogP contribution in [0.1, 0.15) is 12.8 Å². The van der Waals surface area contributed by atoms with Gasteiger partial charge in [-0.1, -0.05) is 12.1 Å². The van der Waals surface area contributed by atoms with Crippen LogP contribution in [0.5, 0.6) is 5.75 Å². The SMILES string of the molecule is COc1cccc(-c2nc3occn3c2-c2ccnc(NC3CCCN(S(=O)(=O)c4ccn(C)n4)C3)n2)c1. The molecule has 1 unspecified atom stereocenters. The van der Waals surface area contributed by atoms with Gasteiger partial charge < -0.3 is 14.5 Å². The van der Waals surface area contributed by atoms with Gasteiger partial charge in [0.05, 0.1) is 12.8 Å². The fourth-order valence-electron chi connectivity index (χ4n) is 4.69. The lowest BCUT2D eigenvalue weighted by molar-refractivity contribution is 0.325. The molecule has 1 fully saturated rings. The number of aryl methyl sites for hydroxylation is 1. The molecule has 0 bridgehead atoms. The van der Waals surface area contributed by atoms with Crippen molar-refractivity contribution < 1.29 is 17.6 Å². The standard InChI is InChI=1S/C25H26N8O4S/c1-31-12-9-21(30-31)38(34,35)32-11-4-6-18(16-32)27-24-26-10-8-20(28-24)23-22(29-25-33(23)13-14-37-25)17-5-3-7-19(15-17)36-2/h3,5,7-10,12-15,18H,4,6,11,16H2,1-2H3,(H,26,27,28). The molecule has 6 rings (SSSR count). The third-order valence-electron chi connectivity index (χ3n) is 6.51. The number of hydrogen-bond acceptors (Lipinski definition) is 9. The molecule has 12 nitrogen and oxygen atoms in total. The minimum Gasteiger partial charge on any atom is -0.497 e. The summed E-state index contributed by atoms with van der Waals surface area (Å²) in [5, 5.41) is 7.47. The predicted molar refractivity (Wildman–Crippen MR) is 139 cm³/mol. The number of aromatic nitrogens is 6. The summed E-state index contributed by atoms with van der Waals surface area (Å²) in [5.74, 6) is 1.55. The van der Waals surface area contributed by atoms with Crippen LogP contribution >= 0.6 is 0 Å². The van der Waals surface area contributed by atoms with Crippen molar-refractivity contribution in [2.45, 2.75) is 23.9 Å². The second-order valence-corrected chi connectivity index (χ2v) is 10.9. The van der Waals surface area contributed by atoms with Crippen molar-refractivity contribution in [2.75, 3.05) is 25.5 Å². The van der Waals surface area contributed by atoms with Gasteiger partial charge in [0.25, 0.3) is 10.0 Å². The van der Waals surface area contributed by atoms with Crippen LogP contribution in [0.25, 0.3) is 28.5 Å². The monoisotopic (exact) mass is 534 g/mol. The fraction of sp³-hybridized carbons (Fsp3) is 0.280. The first-order chi connectivity index (χ1) is 18.4. The van der Waals surface area contributed by atoms with Crippen LogP contribution in [0.2, 0.25) is 0 Å². The Morgan fingerprint density at radius 2 is 2.05 bits per heavy atom. The predicted octanol–water partition coefficient (Wildman–Crippen LogP) is 3.06. The van der Waals surface area contributed by atoms with Gasteiger partial charge in [-0.15, -0.1) is 0 Å². The summed E-state index contributed by atoms with van der Waals surface area (Å²) < 4.78 is 41.9. The number of ether oxygens (including phenoxy) is 1. The van der Waals surface area contributed by atoms with Gasteiger partial charge in [0.2, 0.25) is 5.95 Å².